The van der Waals surface area contributed by atoms with Crippen LogP contribution in [0.1, 0.15) is 23.8 Å². The molecule has 0 aliphatic carbocycles. The highest BCUT2D eigenvalue weighted by molar-refractivity contribution is 5.95. The topological polar surface area (TPSA) is 40.5 Å². The SMILES string of the molecule is CCCOc1ccc(OCC(=O)c2cccn2C)cc1. The Morgan fingerprint density at radius 2 is 1.75 bits per heavy atom. The second-order valence-electron chi connectivity index (χ2n) is 4.54. The van der Waals surface area contributed by atoms with Crippen molar-refractivity contribution in [2.75, 3.05) is 13.2 Å². The lowest BCUT2D eigenvalue weighted by Crippen LogP contribution is -2.14. The summed E-state index contributed by atoms with van der Waals surface area (Å²) in [6.07, 6.45) is 2.82. The first-order valence-corrected chi connectivity index (χ1v) is 6.71. The van der Waals surface area contributed by atoms with Gasteiger partial charge < -0.3 is 14.0 Å². The van der Waals surface area contributed by atoms with Gasteiger partial charge in [-0.1, -0.05) is 6.92 Å². The van der Waals surface area contributed by atoms with Crippen molar-refractivity contribution >= 4 is 5.78 Å². The number of aryl methyl sites for hydroxylation is 1. The van der Waals surface area contributed by atoms with Crippen molar-refractivity contribution < 1.29 is 14.3 Å². The van der Waals surface area contributed by atoms with Crippen LogP contribution in [-0.2, 0) is 7.05 Å². The Balaban J connectivity index is 1.88. The van der Waals surface area contributed by atoms with Crippen LogP contribution in [0.2, 0.25) is 0 Å². The summed E-state index contributed by atoms with van der Waals surface area (Å²) in [5.74, 6) is 1.44. The van der Waals surface area contributed by atoms with Crippen molar-refractivity contribution in [2.24, 2.45) is 7.05 Å². The average molecular weight is 273 g/mol. The molecule has 0 atom stereocenters. The summed E-state index contributed by atoms with van der Waals surface area (Å²) in [7, 11) is 1.84. The fourth-order valence-corrected chi connectivity index (χ4v) is 1.83. The monoisotopic (exact) mass is 273 g/mol. The maximum Gasteiger partial charge on any atom is 0.216 e. The van der Waals surface area contributed by atoms with Gasteiger partial charge >= 0.3 is 0 Å². The molecular weight excluding hydrogens is 254 g/mol. The summed E-state index contributed by atoms with van der Waals surface area (Å²) >= 11 is 0. The lowest BCUT2D eigenvalue weighted by atomic mass is 10.3. The van der Waals surface area contributed by atoms with E-state index in [1.165, 1.54) is 0 Å². The minimum atomic E-state index is -0.0381. The van der Waals surface area contributed by atoms with Crippen molar-refractivity contribution in [2.45, 2.75) is 13.3 Å². The number of benzene rings is 1. The predicted molar refractivity (Wildman–Crippen MR) is 77.5 cm³/mol. The Morgan fingerprint density at radius 3 is 2.30 bits per heavy atom. The molecule has 0 unspecified atom stereocenters. The molecular formula is C16H19NO3. The summed E-state index contributed by atoms with van der Waals surface area (Å²) in [6.45, 7) is 2.80. The van der Waals surface area contributed by atoms with Crippen molar-refractivity contribution in [3.8, 4) is 11.5 Å². The molecule has 106 valence electrons. The number of ketones is 1. The minimum Gasteiger partial charge on any atom is -0.494 e. The van der Waals surface area contributed by atoms with Gasteiger partial charge in [0.25, 0.3) is 0 Å². The zero-order valence-electron chi connectivity index (χ0n) is 11.8. The Morgan fingerprint density at radius 1 is 1.10 bits per heavy atom. The van der Waals surface area contributed by atoms with Gasteiger partial charge in [0.15, 0.2) is 6.61 Å². The minimum absolute atomic E-state index is 0.0347. The van der Waals surface area contributed by atoms with Gasteiger partial charge in [0.05, 0.1) is 12.3 Å². The molecule has 2 aromatic rings. The quantitative estimate of drug-likeness (QED) is 0.728. The van der Waals surface area contributed by atoms with E-state index >= 15 is 0 Å². The molecule has 0 saturated carbocycles. The fourth-order valence-electron chi connectivity index (χ4n) is 1.83. The molecule has 0 bridgehead atoms. The van der Waals surface area contributed by atoms with Crippen molar-refractivity contribution in [3.63, 3.8) is 0 Å². The largest absolute Gasteiger partial charge is 0.494 e. The lowest BCUT2D eigenvalue weighted by molar-refractivity contribution is 0.0913. The molecule has 1 aromatic carbocycles. The van der Waals surface area contributed by atoms with Gasteiger partial charge in [0, 0.05) is 13.2 Å². The van der Waals surface area contributed by atoms with Crippen LogP contribution in [0.4, 0.5) is 0 Å². The number of hydrogen-bond acceptors (Lipinski definition) is 3. The predicted octanol–water partition coefficient (Wildman–Crippen LogP) is 3.08. The molecule has 2 rings (SSSR count). The number of nitrogens with zero attached hydrogens (tertiary/aromatic N) is 1. The summed E-state index contributed by atoms with van der Waals surface area (Å²) in [4.78, 5) is 11.9. The first kappa shape index (κ1) is 14.2. The van der Waals surface area contributed by atoms with E-state index in [9.17, 15) is 4.79 Å². The first-order chi connectivity index (χ1) is 9.70. The van der Waals surface area contributed by atoms with Crippen LogP contribution in [0.3, 0.4) is 0 Å². The summed E-state index contributed by atoms with van der Waals surface area (Å²) in [6, 6.07) is 10.9. The first-order valence-electron chi connectivity index (χ1n) is 6.71. The third-order valence-electron chi connectivity index (χ3n) is 2.90. The normalized spacial score (nSPS) is 10.3. The fraction of sp³-hybridized carbons (Fsp3) is 0.312. The Bertz CT molecular complexity index is 557. The van der Waals surface area contributed by atoms with Crippen LogP contribution < -0.4 is 9.47 Å². The molecule has 0 radical (unpaired) electrons. The standard InChI is InChI=1S/C16H19NO3/c1-3-11-19-13-6-8-14(9-7-13)20-12-16(18)15-5-4-10-17(15)2/h4-10H,3,11-12H2,1-2H3. The van der Waals surface area contributed by atoms with Crippen LogP contribution in [0, 0.1) is 0 Å². The van der Waals surface area contributed by atoms with E-state index in [4.69, 9.17) is 9.47 Å². The smallest absolute Gasteiger partial charge is 0.216 e. The number of hydrogen-bond donors (Lipinski definition) is 0. The van der Waals surface area contributed by atoms with E-state index in [1.807, 2.05) is 43.6 Å². The maximum atomic E-state index is 11.9. The molecule has 0 aliphatic rings. The van der Waals surface area contributed by atoms with E-state index in [0.29, 0.717) is 18.1 Å². The summed E-state index contributed by atoms with van der Waals surface area (Å²) in [5, 5.41) is 0. The number of aromatic nitrogens is 1. The van der Waals surface area contributed by atoms with Gasteiger partial charge in [-0.15, -0.1) is 0 Å². The Labute approximate surface area is 118 Å². The molecule has 0 spiro atoms. The van der Waals surface area contributed by atoms with Crippen LogP contribution in [0.5, 0.6) is 11.5 Å². The molecule has 20 heavy (non-hydrogen) atoms. The molecule has 0 N–H and O–H groups in total. The van der Waals surface area contributed by atoms with Gasteiger partial charge in [-0.3, -0.25) is 4.79 Å². The van der Waals surface area contributed by atoms with Crippen molar-refractivity contribution in [3.05, 3.63) is 48.3 Å². The molecule has 0 fully saturated rings. The van der Waals surface area contributed by atoms with Gasteiger partial charge in [-0.05, 0) is 42.8 Å². The molecule has 4 nitrogen and oxygen atoms in total. The third kappa shape index (κ3) is 3.63. The highest BCUT2D eigenvalue weighted by Gasteiger charge is 2.09. The maximum absolute atomic E-state index is 11.9. The van der Waals surface area contributed by atoms with Gasteiger partial charge in [-0.25, -0.2) is 0 Å². The number of rotatable bonds is 7. The zero-order chi connectivity index (χ0) is 14.4. The highest BCUT2D eigenvalue weighted by atomic mass is 16.5. The van der Waals surface area contributed by atoms with Crippen LogP contribution in [0.15, 0.2) is 42.6 Å². The molecule has 1 aromatic heterocycles. The number of Topliss-reactive ketones (excluding diaryl/α,β-unsaturated/α-hetero) is 1. The van der Waals surface area contributed by atoms with Crippen molar-refractivity contribution in [1.29, 1.82) is 0 Å². The molecule has 0 aliphatic heterocycles. The van der Waals surface area contributed by atoms with Crippen LogP contribution in [0.25, 0.3) is 0 Å². The highest BCUT2D eigenvalue weighted by Crippen LogP contribution is 2.18. The van der Waals surface area contributed by atoms with E-state index in [2.05, 4.69) is 6.92 Å². The van der Waals surface area contributed by atoms with Crippen LogP contribution >= 0.6 is 0 Å². The molecule has 1 heterocycles. The van der Waals surface area contributed by atoms with E-state index in [-0.39, 0.29) is 12.4 Å². The molecule has 0 saturated heterocycles. The third-order valence-corrected chi connectivity index (χ3v) is 2.90. The van der Waals surface area contributed by atoms with E-state index < -0.39 is 0 Å². The number of carbonyl (C=O) groups is 1. The van der Waals surface area contributed by atoms with E-state index in [1.54, 1.807) is 10.6 Å². The zero-order valence-corrected chi connectivity index (χ0v) is 11.8. The lowest BCUT2D eigenvalue weighted by Gasteiger charge is -2.08. The second-order valence-corrected chi connectivity index (χ2v) is 4.54. The van der Waals surface area contributed by atoms with Gasteiger partial charge in [0.1, 0.15) is 11.5 Å². The van der Waals surface area contributed by atoms with E-state index in [0.717, 1.165) is 12.2 Å². The number of carbonyl (C=O) groups excluding carboxylic acids is 1. The van der Waals surface area contributed by atoms with Gasteiger partial charge in [0.2, 0.25) is 5.78 Å². The second kappa shape index (κ2) is 6.80. The van der Waals surface area contributed by atoms with Gasteiger partial charge in [-0.2, -0.15) is 0 Å². The molecule has 0 amide bonds. The van der Waals surface area contributed by atoms with Crippen molar-refractivity contribution in [1.82, 2.24) is 4.57 Å². The Kier molecular flexibility index (Phi) is 4.82. The average Bonchev–Trinajstić information content (AvgIpc) is 2.90. The van der Waals surface area contributed by atoms with Crippen LogP contribution in [-0.4, -0.2) is 23.6 Å². The Hall–Kier alpha value is -2.23. The molecule has 4 heteroatoms. The summed E-state index contributed by atoms with van der Waals surface area (Å²) in [5.41, 5.74) is 0.646. The summed E-state index contributed by atoms with van der Waals surface area (Å²) < 4.78 is 12.8. The number of ether oxygens (including phenoxy) is 2.